The first kappa shape index (κ1) is 16.5. The van der Waals surface area contributed by atoms with Gasteiger partial charge in [-0.15, -0.1) is 0 Å². The van der Waals surface area contributed by atoms with Crippen molar-refractivity contribution >= 4 is 21.5 Å². The van der Waals surface area contributed by atoms with Crippen LogP contribution in [-0.4, -0.2) is 0 Å². The van der Waals surface area contributed by atoms with E-state index in [1.54, 1.807) is 0 Å². The molecule has 0 radical (unpaired) electrons. The highest BCUT2D eigenvalue weighted by molar-refractivity contribution is 5.98. The molecule has 0 amide bonds. The minimum absolute atomic E-state index is 0.259. The summed E-state index contributed by atoms with van der Waals surface area (Å²) in [6.07, 6.45) is 2.45. The topological polar surface area (TPSA) is 0 Å². The molecule has 0 spiro atoms. The predicted molar refractivity (Wildman–Crippen MR) is 101 cm³/mol. The summed E-state index contributed by atoms with van der Waals surface area (Å²) in [6, 6.07) is 20.1. The van der Waals surface area contributed by atoms with E-state index in [1.165, 1.54) is 39.9 Å². The van der Waals surface area contributed by atoms with Crippen LogP contribution in [0.2, 0.25) is 0 Å². The van der Waals surface area contributed by atoms with Gasteiger partial charge in [0, 0.05) is 0 Å². The average Bonchev–Trinajstić information content (AvgIpc) is 2.54. The molecule has 22 heavy (non-hydrogen) atoms. The van der Waals surface area contributed by atoms with Crippen LogP contribution in [0.4, 0.5) is 0 Å². The molecule has 0 nitrogen and oxygen atoms in total. The van der Waals surface area contributed by atoms with Crippen molar-refractivity contribution in [3.05, 3.63) is 60.2 Å². The molecule has 0 aliphatic carbocycles. The molecule has 116 valence electrons. The molecule has 3 aromatic carbocycles. The van der Waals surface area contributed by atoms with Crippen LogP contribution in [0.1, 0.15) is 53.0 Å². The van der Waals surface area contributed by atoms with Gasteiger partial charge in [0.15, 0.2) is 0 Å². The fraction of sp³-hybridized carbons (Fsp3) is 0.364. The van der Waals surface area contributed by atoms with Crippen LogP contribution in [0.15, 0.2) is 54.6 Å². The Kier molecular flexibility index (Phi) is 5.24. The Bertz CT molecular complexity index is 750. The van der Waals surface area contributed by atoms with E-state index in [2.05, 4.69) is 75.4 Å². The molecule has 0 heteroatoms. The summed E-state index contributed by atoms with van der Waals surface area (Å²) in [5.74, 6) is 0. The first-order chi connectivity index (χ1) is 10.6. The summed E-state index contributed by atoms with van der Waals surface area (Å²) < 4.78 is 0. The second-order valence-electron chi connectivity index (χ2n) is 6.40. The third kappa shape index (κ3) is 3.32. The molecule has 3 rings (SSSR count). The molecule has 0 aliphatic rings. The Labute approximate surface area is 135 Å². The van der Waals surface area contributed by atoms with Gasteiger partial charge in [0.1, 0.15) is 0 Å². The molecule has 0 heterocycles. The highest BCUT2D eigenvalue weighted by Crippen LogP contribution is 2.32. The molecular weight excluding hydrogens is 264 g/mol. The van der Waals surface area contributed by atoms with Gasteiger partial charge in [-0.3, -0.25) is 0 Å². The van der Waals surface area contributed by atoms with Crippen molar-refractivity contribution in [2.75, 3.05) is 0 Å². The molecule has 0 aliphatic heterocycles. The fourth-order valence-electron chi connectivity index (χ4n) is 3.13. The highest BCUT2D eigenvalue weighted by atomic mass is 14.2. The molecule has 3 aromatic rings. The second-order valence-corrected chi connectivity index (χ2v) is 6.40. The normalized spacial score (nSPS) is 11.3. The van der Waals surface area contributed by atoms with E-state index < -0.39 is 0 Å². The summed E-state index contributed by atoms with van der Waals surface area (Å²) in [7, 11) is 0. The maximum atomic E-state index is 2.37. The first-order valence-corrected chi connectivity index (χ1v) is 8.53. The van der Waals surface area contributed by atoms with Crippen molar-refractivity contribution in [3.63, 3.8) is 0 Å². The van der Waals surface area contributed by atoms with Crippen molar-refractivity contribution in [2.45, 2.75) is 52.9 Å². The Morgan fingerprint density at radius 1 is 0.727 bits per heavy atom. The zero-order valence-corrected chi connectivity index (χ0v) is 14.6. The van der Waals surface area contributed by atoms with Gasteiger partial charge in [-0.05, 0) is 51.1 Å². The lowest BCUT2D eigenvalue weighted by Crippen LogP contribution is -2.16. The van der Waals surface area contributed by atoms with Crippen molar-refractivity contribution in [1.29, 1.82) is 0 Å². The zero-order valence-electron chi connectivity index (χ0n) is 14.6. The van der Waals surface area contributed by atoms with Crippen molar-refractivity contribution in [1.82, 2.24) is 0 Å². The standard InChI is InChI=1S/C20H22.C2H6/c1-4-11-20(2,3)19-10-9-17-12-15-7-5-6-8-16(15)13-18(17)14-19;1-2/h5-10,12-14H,4,11H2,1-3H3;1-2H3. The molecule has 0 saturated carbocycles. The fourth-order valence-corrected chi connectivity index (χ4v) is 3.13. The van der Waals surface area contributed by atoms with E-state index >= 15 is 0 Å². The largest absolute Gasteiger partial charge is 0.0683 e. The Balaban J connectivity index is 0.000000847. The van der Waals surface area contributed by atoms with Crippen LogP contribution in [0, 0.1) is 0 Å². The van der Waals surface area contributed by atoms with Gasteiger partial charge in [-0.2, -0.15) is 0 Å². The summed E-state index contributed by atoms with van der Waals surface area (Å²) >= 11 is 0. The number of hydrogen-bond donors (Lipinski definition) is 0. The van der Waals surface area contributed by atoms with Gasteiger partial charge in [0.25, 0.3) is 0 Å². The third-order valence-electron chi connectivity index (χ3n) is 4.36. The molecule has 0 unspecified atom stereocenters. The Morgan fingerprint density at radius 3 is 1.86 bits per heavy atom. The lowest BCUT2D eigenvalue weighted by molar-refractivity contribution is 0.473. The van der Waals surface area contributed by atoms with Crippen LogP contribution in [0.5, 0.6) is 0 Å². The first-order valence-electron chi connectivity index (χ1n) is 8.53. The maximum absolute atomic E-state index is 2.37. The van der Waals surface area contributed by atoms with Crippen LogP contribution in [0.25, 0.3) is 21.5 Å². The summed E-state index contributed by atoms with van der Waals surface area (Å²) in [5.41, 5.74) is 1.70. The van der Waals surface area contributed by atoms with Crippen LogP contribution < -0.4 is 0 Å². The van der Waals surface area contributed by atoms with E-state index in [1.807, 2.05) is 13.8 Å². The van der Waals surface area contributed by atoms with Gasteiger partial charge in [-0.25, -0.2) is 0 Å². The lowest BCUT2D eigenvalue weighted by atomic mass is 9.80. The van der Waals surface area contributed by atoms with Gasteiger partial charge in [0.05, 0.1) is 0 Å². The van der Waals surface area contributed by atoms with E-state index in [0.717, 1.165) is 0 Å². The van der Waals surface area contributed by atoms with Crippen molar-refractivity contribution < 1.29 is 0 Å². The Hall–Kier alpha value is -1.82. The Morgan fingerprint density at radius 2 is 1.27 bits per heavy atom. The van der Waals surface area contributed by atoms with Crippen molar-refractivity contribution in [3.8, 4) is 0 Å². The second kappa shape index (κ2) is 6.96. The predicted octanol–water partition coefficient (Wildman–Crippen LogP) is 7.10. The monoisotopic (exact) mass is 292 g/mol. The van der Waals surface area contributed by atoms with Gasteiger partial charge in [0.2, 0.25) is 0 Å². The molecule has 0 bridgehead atoms. The number of hydrogen-bond acceptors (Lipinski definition) is 0. The SMILES string of the molecule is CC.CCCC(C)(C)c1ccc2cc3ccccc3cc2c1. The summed E-state index contributed by atoms with van der Waals surface area (Å²) in [6.45, 7) is 11.0. The zero-order chi connectivity index (χ0) is 16.2. The third-order valence-corrected chi connectivity index (χ3v) is 4.36. The van der Waals surface area contributed by atoms with Crippen molar-refractivity contribution in [2.24, 2.45) is 0 Å². The van der Waals surface area contributed by atoms with Crippen LogP contribution in [-0.2, 0) is 5.41 Å². The number of fused-ring (bicyclic) bond motifs is 2. The smallest absolute Gasteiger partial charge is 0.0103 e. The van der Waals surface area contributed by atoms with E-state index in [0.29, 0.717) is 0 Å². The van der Waals surface area contributed by atoms with Gasteiger partial charge < -0.3 is 0 Å². The summed E-state index contributed by atoms with van der Waals surface area (Å²) in [4.78, 5) is 0. The molecule has 0 atom stereocenters. The van der Waals surface area contributed by atoms with E-state index in [-0.39, 0.29) is 5.41 Å². The van der Waals surface area contributed by atoms with Gasteiger partial charge in [-0.1, -0.05) is 83.5 Å². The quantitative estimate of drug-likeness (QED) is 0.452. The maximum Gasteiger partial charge on any atom is -0.0103 e. The van der Waals surface area contributed by atoms with E-state index in [4.69, 9.17) is 0 Å². The van der Waals surface area contributed by atoms with Gasteiger partial charge >= 0.3 is 0 Å². The highest BCUT2D eigenvalue weighted by Gasteiger charge is 2.19. The molecule has 0 aromatic heterocycles. The summed E-state index contributed by atoms with van der Waals surface area (Å²) in [5, 5.41) is 5.33. The number of rotatable bonds is 3. The lowest BCUT2D eigenvalue weighted by Gasteiger charge is -2.25. The van der Waals surface area contributed by atoms with Crippen LogP contribution >= 0.6 is 0 Å². The molecular formula is C22H28. The minimum Gasteiger partial charge on any atom is -0.0683 e. The van der Waals surface area contributed by atoms with Crippen LogP contribution in [0.3, 0.4) is 0 Å². The molecule has 0 fully saturated rings. The number of benzene rings is 3. The van der Waals surface area contributed by atoms with E-state index in [9.17, 15) is 0 Å². The molecule has 0 saturated heterocycles. The molecule has 0 N–H and O–H groups in total. The minimum atomic E-state index is 0.259. The average molecular weight is 292 g/mol.